The number of anilines is 1. The summed E-state index contributed by atoms with van der Waals surface area (Å²) in [6.45, 7) is 5.02. The third kappa shape index (κ3) is 4.83. The normalized spacial score (nSPS) is 11.4. The average molecular weight is 368 g/mol. The van der Waals surface area contributed by atoms with E-state index in [1.165, 1.54) is 0 Å². The van der Waals surface area contributed by atoms with Crippen molar-refractivity contribution in [2.45, 2.75) is 25.7 Å². The van der Waals surface area contributed by atoms with Crippen molar-refractivity contribution in [2.75, 3.05) is 11.9 Å². The SMILES string of the molecule is Cc1cc(C)c(NC(=O)CNS(=O)(=O)c2cc(F)cc(F)c2)c(C)c1. The molecule has 0 saturated carbocycles. The summed E-state index contributed by atoms with van der Waals surface area (Å²) in [6, 6.07) is 5.70. The highest BCUT2D eigenvalue weighted by Crippen LogP contribution is 2.21. The van der Waals surface area contributed by atoms with Gasteiger partial charge in [0, 0.05) is 11.8 Å². The van der Waals surface area contributed by atoms with Gasteiger partial charge in [-0.1, -0.05) is 17.7 Å². The summed E-state index contributed by atoms with van der Waals surface area (Å²) >= 11 is 0. The highest BCUT2D eigenvalue weighted by molar-refractivity contribution is 7.89. The molecule has 8 heteroatoms. The molecule has 0 unspecified atom stereocenters. The van der Waals surface area contributed by atoms with Crippen LogP contribution in [0.15, 0.2) is 35.2 Å². The lowest BCUT2D eigenvalue weighted by Gasteiger charge is -2.13. The molecule has 2 aromatic carbocycles. The van der Waals surface area contributed by atoms with E-state index < -0.39 is 39.0 Å². The number of halogens is 2. The number of carbonyl (C=O) groups is 1. The fraction of sp³-hybridized carbons (Fsp3) is 0.235. The summed E-state index contributed by atoms with van der Waals surface area (Å²) in [4.78, 5) is 11.4. The monoisotopic (exact) mass is 368 g/mol. The molecule has 0 heterocycles. The fourth-order valence-corrected chi connectivity index (χ4v) is 3.51. The number of amides is 1. The number of carbonyl (C=O) groups excluding carboxylic acids is 1. The molecule has 0 aliphatic heterocycles. The van der Waals surface area contributed by atoms with E-state index in [2.05, 4.69) is 5.32 Å². The topological polar surface area (TPSA) is 75.3 Å². The van der Waals surface area contributed by atoms with Crippen molar-refractivity contribution in [3.63, 3.8) is 0 Å². The van der Waals surface area contributed by atoms with Crippen molar-refractivity contribution in [1.29, 1.82) is 0 Å². The minimum absolute atomic E-state index is 0.562. The third-order valence-electron chi connectivity index (χ3n) is 3.51. The second-order valence-electron chi connectivity index (χ2n) is 5.75. The molecule has 0 saturated heterocycles. The van der Waals surface area contributed by atoms with Gasteiger partial charge in [-0.25, -0.2) is 21.9 Å². The Labute approximate surface area is 145 Å². The van der Waals surface area contributed by atoms with Crippen LogP contribution in [-0.4, -0.2) is 20.9 Å². The van der Waals surface area contributed by atoms with Crippen molar-refractivity contribution in [2.24, 2.45) is 0 Å². The van der Waals surface area contributed by atoms with Gasteiger partial charge >= 0.3 is 0 Å². The smallest absolute Gasteiger partial charge is 0.241 e. The van der Waals surface area contributed by atoms with E-state index in [-0.39, 0.29) is 0 Å². The molecule has 0 atom stereocenters. The Morgan fingerprint density at radius 1 is 0.960 bits per heavy atom. The van der Waals surface area contributed by atoms with Crippen LogP contribution in [0.1, 0.15) is 16.7 Å². The van der Waals surface area contributed by atoms with Gasteiger partial charge in [0.05, 0.1) is 11.4 Å². The molecule has 0 aliphatic carbocycles. The Balaban J connectivity index is 2.09. The molecule has 0 aliphatic rings. The third-order valence-corrected chi connectivity index (χ3v) is 4.89. The largest absolute Gasteiger partial charge is 0.324 e. The first-order chi connectivity index (χ1) is 11.6. The zero-order valence-corrected chi connectivity index (χ0v) is 14.8. The molecule has 0 spiro atoms. The van der Waals surface area contributed by atoms with Crippen LogP contribution in [-0.2, 0) is 14.8 Å². The van der Waals surface area contributed by atoms with Crippen molar-refractivity contribution >= 4 is 21.6 Å². The fourth-order valence-electron chi connectivity index (χ4n) is 2.49. The summed E-state index contributed by atoms with van der Waals surface area (Å²) in [5, 5.41) is 2.64. The number of nitrogens with one attached hydrogen (secondary N) is 2. The molecule has 2 N–H and O–H groups in total. The molecule has 0 aromatic heterocycles. The molecular weight excluding hydrogens is 350 g/mol. The Morgan fingerprint density at radius 2 is 1.48 bits per heavy atom. The van der Waals surface area contributed by atoms with Crippen LogP contribution in [0.5, 0.6) is 0 Å². The van der Waals surface area contributed by atoms with Gasteiger partial charge in [-0.05, 0) is 44.0 Å². The predicted octanol–water partition coefficient (Wildman–Crippen LogP) is 2.81. The first-order valence-electron chi connectivity index (χ1n) is 7.42. The van der Waals surface area contributed by atoms with Gasteiger partial charge in [-0.2, -0.15) is 0 Å². The van der Waals surface area contributed by atoms with E-state index in [1.807, 2.05) is 37.6 Å². The minimum atomic E-state index is -4.21. The Morgan fingerprint density at radius 3 is 2.00 bits per heavy atom. The van der Waals surface area contributed by atoms with Crippen molar-refractivity contribution in [1.82, 2.24) is 4.72 Å². The lowest BCUT2D eigenvalue weighted by molar-refractivity contribution is -0.115. The van der Waals surface area contributed by atoms with E-state index in [9.17, 15) is 22.0 Å². The average Bonchev–Trinajstić information content (AvgIpc) is 2.48. The number of aryl methyl sites for hydroxylation is 3. The molecule has 5 nitrogen and oxygen atoms in total. The van der Waals surface area contributed by atoms with Crippen molar-refractivity contribution in [3.8, 4) is 0 Å². The number of rotatable bonds is 5. The van der Waals surface area contributed by atoms with Crippen LogP contribution in [0.3, 0.4) is 0 Å². The second kappa shape index (κ2) is 7.28. The van der Waals surface area contributed by atoms with E-state index in [0.29, 0.717) is 23.9 Å². The molecule has 134 valence electrons. The van der Waals surface area contributed by atoms with Gasteiger partial charge in [0.1, 0.15) is 11.6 Å². The number of sulfonamides is 1. The lowest BCUT2D eigenvalue weighted by atomic mass is 10.1. The first-order valence-corrected chi connectivity index (χ1v) is 8.90. The van der Waals surface area contributed by atoms with E-state index in [0.717, 1.165) is 16.7 Å². The minimum Gasteiger partial charge on any atom is -0.324 e. The standard InChI is InChI=1S/C17H18F2N2O3S/c1-10-4-11(2)17(12(3)5-10)21-16(22)9-20-25(23,24)15-7-13(18)6-14(19)8-15/h4-8,20H,9H2,1-3H3,(H,21,22). The maximum Gasteiger partial charge on any atom is 0.241 e. The van der Waals surface area contributed by atoms with Gasteiger partial charge in [0.25, 0.3) is 0 Å². The molecular formula is C17H18F2N2O3S. The van der Waals surface area contributed by atoms with Crippen LogP contribution in [0.4, 0.5) is 14.5 Å². The lowest BCUT2D eigenvalue weighted by Crippen LogP contribution is -2.33. The van der Waals surface area contributed by atoms with E-state index in [1.54, 1.807) is 0 Å². The second-order valence-corrected chi connectivity index (χ2v) is 7.52. The number of hydrogen-bond donors (Lipinski definition) is 2. The molecule has 1 amide bonds. The highest BCUT2D eigenvalue weighted by Gasteiger charge is 2.18. The number of hydrogen-bond acceptors (Lipinski definition) is 3. The Kier molecular flexibility index (Phi) is 5.54. The molecule has 2 rings (SSSR count). The maximum atomic E-state index is 13.2. The summed E-state index contributed by atoms with van der Waals surface area (Å²) in [7, 11) is -4.21. The predicted molar refractivity (Wildman–Crippen MR) is 90.8 cm³/mol. The molecule has 0 fully saturated rings. The van der Waals surface area contributed by atoms with Gasteiger partial charge in [0.15, 0.2) is 0 Å². The van der Waals surface area contributed by atoms with Crippen LogP contribution in [0.2, 0.25) is 0 Å². The summed E-state index contributed by atoms with van der Waals surface area (Å²) in [5.41, 5.74) is 3.34. The van der Waals surface area contributed by atoms with Crippen LogP contribution in [0, 0.1) is 32.4 Å². The molecule has 25 heavy (non-hydrogen) atoms. The molecule has 0 bridgehead atoms. The van der Waals surface area contributed by atoms with Crippen molar-refractivity contribution < 1.29 is 22.0 Å². The Hall–Kier alpha value is -2.32. The van der Waals surface area contributed by atoms with Gasteiger partial charge in [0.2, 0.25) is 15.9 Å². The zero-order chi connectivity index (χ0) is 18.8. The summed E-state index contributed by atoms with van der Waals surface area (Å²) < 4.78 is 52.4. The summed E-state index contributed by atoms with van der Waals surface area (Å²) in [5.74, 6) is -2.62. The van der Waals surface area contributed by atoms with E-state index in [4.69, 9.17) is 0 Å². The van der Waals surface area contributed by atoms with Crippen LogP contribution < -0.4 is 10.0 Å². The quantitative estimate of drug-likeness (QED) is 0.852. The maximum absolute atomic E-state index is 13.2. The zero-order valence-electron chi connectivity index (χ0n) is 14.0. The van der Waals surface area contributed by atoms with Crippen LogP contribution >= 0.6 is 0 Å². The van der Waals surface area contributed by atoms with Gasteiger partial charge in [-0.3, -0.25) is 4.79 Å². The van der Waals surface area contributed by atoms with Crippen LogP contribution in [0.25, 0.3) is 0 Å². The molecule has 2 aromatic rings. The number of benzene rings is 2. The Bertz CT molecular complexity index is 884. The van der Waals surface area contributed by atoms with Crippen molar-refractivity contribution in [3.05, 3.63) is 58.7 Å². The highest BCUT2D eigenvalue weighted by atomic mass is 32.2. The summed E-state index contributed by atoms with van der Waals surface area (Å²) in [6.07, 6.45) is 0. The van der Waals surface area contributed by atoms with E-state index >= 15 is 0 Å². The first kappa shape index (κ1) is 19.0. The van der Waals surface area contributed by atoms with Gasteiger partial charge in [-0.15, -0.1) is 0 Å². The van der Waals surface area contributed by atoms with Gasteiger partial charge < -0.3 is 5.32 Å². The molecule has 0 radical (unpaired) electrons.